The molecule has 0 aliphatic carbocycles. The monoisotopic (exact) mass is 237 g/mol. The number of aromatic nitrogens is 2. The molecule has 2 aromatic rings. The summed E-state index contributed by atoms with van der Waals surface area (Å²) in [5.74, 6) is 0. The van der Waals surface area contributed by atoms with Crippen LogP contribution in [0.3, 0.4) is 0 Å². The highest BCUT2D eigenvalue weighted by Crippen LogP contribution is 2.20. The first-order valence-electron chi connectivity index (χ1n) is 5.49. The van der Waals surface area contributed by atoms with Crippen molar-refractivity contribution in [3.05, 3.63) is 22.5 Å². The molecule has 0 amide bonds. The summed E-state index contributed by atoms with van der Waals surface area (Å²) >= 11 is 1.74. The molecule has 1 saturated heterocycles. The third-order valence-corrected chi connectivity index (χ3v) is 3.84. The molecule has 4 nitrogen and oxygen atoms in total. The fraction of sp³-hybridized carbons (Fsp3) is 0.545. The van der Waals surface area contributed by atoms with Gasteiger partial charge in [-0.15, -0.1) is 11.3 Å². The third-order valence-electron chi connectivity index (χ3n) is 2.94. The minimum atomic E-state index is 0.518. The highest BCUT2D eigenvalue weighted by atomic mass is 32.1. The van der Waals surface area contributed by atoms with Crippen LogP contribution in [0.2, 0.25) is 0 Å². The van der Waals surface area contributed by atoms with Crippen LogP contribution in [0.25, 0.3) is 4.96 Å². The van der Waals surface area contributed by atoms with Gasteiger partial charge in [0.15, 0.2) is 4.96 Å². The van der Waals surface area contributed by atoms with Crippen LogP contribution in [0.5, 0.6) is 0 Å². The smallest absolute Gasteiger partial charge is 0.194 e. The summed E-state index contributed by atoms with van der Waals surface area (Å²) in [7, 11) is 0. The number of hydrogen-bond donors (Lipinski definition) is 1. The first-order valence-corrected chi connectivity index (χ1v) is 6.31. The van der Waals surface area contributed by atoms with Gasteiger partial charge in [-0.05, 0) is 13.8 Å². The van der Waals surface area contributed by atoms with Gasteiger partial charge >= 0.3 is 0 Å². The number of ether oxygens (including phenoxy) is 1. The minimum Gasteiger partial charge on any atom is -0.378 e. The van der Waals surface area contributed by atoms with Crippen LogP contribution in [0, 0.1) is 13.8 Å². The quantitative estimate of drug-likeness (QED) is 0.879. The van der Waals surface area contributed by atoms with Gasteiger partial charge in [0.05, 0.1) is 30.6 Å². The molecule has 3 heterocycles. The Balaban J connectivity index is 1.85. The van der Waals surface area contributed by atoms with Crippen molar-refractivity contribution in [2.75, 3.05) is 13.2 Å². The second kappa shape index (κ2) is 3.84. The van der Waals surface area contributed by atoms with Crippen LogP contribution in [0.4, 0.5) is 0 Å². The number of hydrogen-bond acceptors (Lipinski definition) is 4. The topological polar surface area (TPSA) is 38.6 Å². The van der Waals surface area contributed by atoms with Gasteiger partial charge in [-0.1, -0.05) is 0 Å². The Morgan fingerprint density at radius 3 is 3.06 bits per heavy atom. The van der Waals surface area contributed by atoms with Gasteiger partial charge in [-0.3, -0.25) is 4.40 Å². The standard InChI is InChI=1S/C11H15N3OS/c1-7-4-14-10(3-12-9-5-15-6-9)8(2)13-11(14)16-7/h4,9,12H,3,5-6H2,1-2H3. The molecule has 0 aromatic carbocycles. The number of thiazole rings is 1. The Labute approximate surface area is 98.3 Å². The van der Waals surface area contributed by atoms with Crippen molar-refractivity contribution in [1.82, 2.24) is 14.7 Å². The molecule has 86 valence electrons. The number of nitrogens with zero attached hydrogens (tertiary/aromatic N) is 2. The van der Waals surface area contributed by atoms with E-state index in [1.807, 2.05) is 0 Å². The van der Waals surface area contributed by atoms with Gasteiger partial charge < -0.3 is 10.1 Å². The van der Waals surface area contributed by atoms with Crippen molar-refractivity contribution in [2.45, 2.75) is 26.4 Å². The van der Waals surface area contributed by atoms with E-state index in [0.717, 1.165) is 30.4 Å². The SMILES string of the molecule is Cc1cn2c(CNC3COC3)c(C)nc2s1. The molecule has 0 unspecified atom stereocenters. The molecule has 1 fully saturated rings. The van der Waals surface area contributed by atoms with Gasteiger partial charge in [0.25, 0.3) is 0 Å². The fourth-order valence-electron chi connectivity index (χ4n) is 1.92. The van der Waals surface area contributed by atoms with Crippen LogP contribution < -0.4 is 5.32 Å². The Morgan fingerprint density at radius 1 is 1.56 bits per heavy atom. The first-order chi connectivity index (χ1) is 7.74. The highest BCUT2D eigenvalue weighted by molar-refractivity contribution is 7.17. The van der Waals surface area contributed by atoms with Crippen LogP contribution in [0.15, 0.2) is 6.20 Å². The molecule has 1 aliphatic heterocycles. The maximum Gasteiger partial charge on any atom is 0.194 e. The minimum absolute atomic E-state index is 0.518. The lowest BCUT2D eigenvalue weighted by Crippen LogP contribution is -2.45. The summed E-state index contributed by atoms with van der Waals surface area (Å²) in [5, 5.41) is 3.48. The van der Waals surface area contributed by atoms with Crippen molar-refractivity contribution in [1.29, 1.82) is 0 Å². The Kier molecular flexibility index (Phi) is 2.46. The van der Waals surface area contributed by atoms with Crippen molar-refractivity contribution in [3.63, 3.8) is 0 Å². The molecule has 1 N–H and O–H groups in total. The number of imidazole rings is 1. The molecule has 3 rings (SSSR count). The Morgan fingerprint density at radius 2 is 2.38 bits per heavy atom. The molecular formula is C11H15N3OS. The van der Waals surface area contributed by atoms with Gasteiger partial charge in [0.1, 0.15) is 0 Å². The Hall–Kier alpha value is -0.910. The molecule has 0 radical (unpaired) electrons. The van der Waals surface area contributed by atoms with E-state index in [4.69, 9.17) is 4.74 Å². The van der Waals surface area contributed by atoms with Crippen LogP contribution in [-0.4, -0.2) is 28.6 Å². The van der Waals surface area contributed by atoms with Crippen molar-refractivity contribution < 1.29 is 4.74 Å². The van der Waals surface area contributed by atoms with E-state index in [9.17, 15) is 0 Å². The van der Waals surface area contributed by atoms with E-state index < -0.39 is 0 Å². The second-order valence-corrected chi connectivity index (χ2v) is 5.47. The maximum absolute atomic E-state index is 5.14. The van der Waals surface area contributed by atoms with E-state index in [1.165, 1.54) is 10.6 Å². The maximum atomic E-state index is 5.14. The van der Waals surface area contributed by atoms with Crippen LogP contribution in [-0.2, 0) is 11.3 Å². The lowest BCUT2D eigenvalue weighted by molar-refractivity contribution is -0.00595. The molecule has 0 spiro atoms. The third kappa shape index (κ3) is 1.65. The van der Waals surface area contributed by atoms with E-state index >= 15 is 0 Å². The summed E-state index contributed by atoms with van der Waals surface area (Å²) in [5.41, 5.74) is 2.39. The predicted molar refractivity (Wildman–Crippen MR) is 64.0 cm³/mol. The molecule has 0 atom stereocenters. The largest absolute Gasteiger partial charge is 0.378 e. The normalized spacial score (nSPS) is 16.9. The molecular weight excluding hydrogens is 222 g/mol. The zero-order valence-corrected chi connectivity index (χ0v) is 10.3. The molecule has 16 heavy (non-hydrogen) atoms. The average molecular weight is 237 g/mol. The number of rotatable bonds is 3. The zero-order chi connectivity index (χ0) is 11.1. The highest BCUT2D eigenvalue weighted by Gasteiger charge is 2.19. The molecule has 5 heteroatoms. The van der Waals surface area contributed by atoms with E-state index in [0.29, 0.717) is 6.04 Å². The summed E-state index contributed by atoms with van der Waals surface area (Å²) < 4.78 is 7.34. The molecule has 0 bridgehead atoms. The lowest BCUT2D eigenvalue weighted by Gasteiger charge is -2.26. The van der Waals surface area contributed by atoms with Gasteiger partial charge in [0.2, 0.25) is 0 Å². The molecule has 0 saturated carbocycles. The number of nitrogens with one attached hydrogen (secondary N) is 1. The van der Waals surface area contributed by atoms with Crippen LogP contribution in [0.1, 0.15) is 16.3 Å². The molecule has 1 aliphatic rings. The zero-order valence-electron chi connectivity index (χ0n) is 9.49. The van der Waals surface area contributed by atoms with E-state index in [-0.39, 0.29) is 0 Å². The van der Waals surface area contributed by atoms with E-state index in [2.05, 4.69) is 34.7 Å². The van der Waals surface area contributed by atoms with Crippen molar-refractivity contribution in [2.24, 2.45) is 0 Å². The van der Waals surface area contributed by atoms with Crippen molar-refractivity contribution in [3.8, 4) is 0 Å². The van der Waals surface area contributed by atoms with Gasteiger partial charge in [-0.2, -0.15) is 0 Å². The summed E-state index contributed by atoms with van der Waals surface area (Å²) in [6, 6.07) is 0.518. The van der Waals surface area contributed by atoms with Gasteiger partial charge in [0, 0.05) is 17.6 Å². The summed E-state index contributed by atoms with van der Waals surface area (Å²) in [6.45, 7) is 6.74. The lowest BCUT2D eigenvalue weighted by atomic mass is 10.2. The Bertz CT molecular complexity index is 512. The number of fused-ring (bicyclic) bond motifs is 1. The second-order valence-electron chi connectivity index (χ2n) is 4.25. The predicted octanol–water partition coefficient (Wildman–Crippen LogP) is 1.50. The number of aryl methyl sites for hydroxylation is 2. The van der Waals surface area contributed by atoms with Crippen LogP contribution >= 0.6 is 11.3 Å². The average Bonchev–Trinajstić information content (AvgIpc) is 2.61. The first kappa shape index (κ1) is 10.3. The summed E-state index contributed by atoms with van der Waals surface area (Å²) in [6.07, 6.45) is 2.16. The van der Waals surface area contributed by atoms with Gasteiger partial charge in [-0.25, -0.2) is 4.98 Å². The fourth-order valence-corrected chi connectivity index (χ4v) is 2.81. The van der Waals surface area contributed by atoms with E-state index in [1.54, 1.807) is 11.3 Å². The summed E-state index contributed by atoms with van der Waals surface area (Å²) in [4.78, 5) is 6.96. The molecule has 2 aromatic heterocycles. The van der Waals surface area contributed by atoms with Crippen molar-refractivity contribution >= 4 is 16.3 Å².